The summed E-state index contributed by atoms with van der Waals surface area (Å²) in [7, 11) is 2.01. The Hall–Kier alpha value is -1.59. The first-order valence-electron chi connectivity index (χ1n) is 7.92. The van der Waals surface area contributed by atoms with E-state index in [1.54, 1.807) is 0 Å². The predicted octanol–water partition coefficient (Wildman–Crippen LogP) is 1.22. The first-order valence-corrected chi connectivity index (χ1v) is 7.92. The summed E-state index contributed by atoms with van der Waals surface area (Å²) in [5.74, 6) is 0.708. The fraction of sp³-hybridized carbons (Fsp3) is 0.800. The van der Waals surface area contributed by atoms with Gasteiger partial charge in [0.05, 0.1) is 6.54 Å². The van der Waals surface area contributed by atoms with Crippen molar-refractivity contribution in [3.63, 3.8) is 0 Å². The molecule has 2 amide bonds. The second-order valence-electron chi connectivity index (χ2n) is 5.30. The summed E-state index contributed by atoms with van der Waals surface area (Å²) < 4.78 is 0. The lowest BCUT2D eigenvalue weighted by atomic mass is 10.1. The van der Waals surface area contributed by atoms with E-state index >= 15 is 0 Å². The molecule has 6 nitrogen and oxygen atoms in total. The van der Waals surface area contributed by atoms with E-state index in [9.17, 15) is 9.59 Å². The zero-order chi connectivity index (χ0) is 15.7. The van der Waals surface area contributed by atoms with Crippen LogP contribution in [-0.2, 0) is 9.59 Å². The quantitative estimate of drug-likeness (QED) is 0.436. The molecule has 21 heavy (non-hydrogen) atoms. The van der Waals surface area contributed by atoms with Crippen LogP contribution >= 0.6 is 0 Å². The molecule has 0 radical (unpaired) electrons. The first kappa shape index (κ1) is 17.5. The number of hydrogen-bond donors (Lipinski definition) is 1. The van der Waals surface area contributed by atoms with Crippen LogP contribution < -0.4 is 5.32 Å². The number of guanidine groups is 1. The molecule has 1 heterocycles. The Morgan fingerprint density at radius 3 is 2.52 bits per heavy atom. The average molecular weight is 296 g/mol. The molecule has 1 saturated heterocycles. The molecule has 6 heteroatoms. The highest BCUT2D eigenvalue weighted by atomic mass is 16.2. The Labute approximate surface area is 127 Å². The van der Waals surface area contributed by atoms with Gasteiger partial charge in [0.25, 0.3) is 0 Å². The fourth-order valence-corrected chi connectivity index (χ4v) is 2.28. The smallest absolute Gasteiger partial charge is 0.229 e. The van der Waals surface area contributed by atoms with Gasteiger partial charge < -0.3 is 10.2 Å². The van der Waals surface area contributed by atoms with Crippen LogP contribution in [0.25, 0.3) is 0 Å². The van der Waals surface area contributed by atoms with Crippen molar-refractivity contribution in [1.29, 1.82) is 0 Å². The largest absolute Gasteiger partial charge is 0.357 e. The highest BCUT2D eigenvalue weighted by molar-refractivity contribution is 5.97. The summed E-state index contributed by atoms with van der Waals surface area (Å²) in [6.07, 6.45) is 3.89. The number of piperidine rings is 1. The molecule has 1 aliphatic heterocycles. The van der Waals surface area contributed by atoms with Gasteiger partial charge in [0.2, 0.25) is 11.8 Å². The maximum absolute atomic E-state index is 11.7. The SMILES string of the molecule is CCCCN(C)C(=NCCN1C(=O)CCCC1=O)NCC. The van der Waals surface area contributed by atoms with Gasteiger partial charge in [0, 0.05) is 39.5 Å². The van der Waals surface area contributed by atoms with E-state index in [1.807, 2.05) is 14.0 Å². The minimum Gasteiger partial charge on any atom is -0.357 e. The maximum Gasteiger partial charge on any atom is 0.229 e. The van der Waals surface area contributed by atoms with Crippen LogP contribution in [0.4, 0.5) is 0 Å². The van der Waals surface area contributed by atoms with Crippen LogP contribution in [-0.4, -0.2) is 60.8 Å². The molecule has 1 N–H and O–H groups in total. The summed E-state index contributed by atoms with van der Waals surface area (Å²) >= 11 is 0. The average Bonchev–Trinajstić information content (AvgIpc) is 2.46. The topological polar surface area (TPSA) is 65.0 Å². The normalized spacial score (nSPS) is 16.3. The molecule has 0 spiro atoms. The van der Waals surface area contributed by atoms with Crippen molar-refractivity contribution in [2.24, 2.45) is 4.99 Å². The van der Waals surface area contributed by atoms with Gasteiger partial charge in [-0.2, -0.15) is 0 Å². The van der Waals surface area contributed by atoms with E-state index in [4.69, 9.17) is 0 Å². The molecule has 0 aromatic heterocycles. The van der Waals surface area contributed by atoms with E-state index in [0.29, 0.717) is 32.4 Å². The number of nitrogens with one attached hydrogen (secondary N) is 1. The van der Waals surface area contributed by atoms with Crippen molar-refractivity contribution in [3.05, 3.63) is 0 Å². The molecule has 1 aliphatic rings. The number of carbonyl (C=O) groups is 2. The summed E-state index contributed by atoms with van der Waals surface area (Å²) in [6.45, 7) is 6.78. The van der Waals surface area contributed by atoms with Gasteiger partial charge in [0.15, 0.2) is 5.96 Å². The van der Waals surface area contributed by atoms with E-state index in [0.717, 1.165) is 31.9 Å². The monoisotopic (exact) mass is 296 g/mol. The van der Waals surface area contributed by atoms with E-state index in [2.05, 4.69) is 22.1 Å². The second kappa shape index (κ2) is 9.37. The van der Waals surface area contributed by atoms with Gasteiger partial charge in [-0.1, -0.05) is 13.3 Å². The molecule has 120 valence electrons. The Kier molecular flexibility index (Phi) is 7.79. The number of unbranched alkanes of at least 4 members (excludes halogenated alkanes) is 1. The van der Waals surface area contributed by atoms with Crippen molar-refractivity contribution < 1.29 is 9.59 Å². The standard InChI is InChI=1S/C15H28N4O2/c1-4-6-11-18(3)15(16-5-2)17-10-12-19-13(20)8-7-9-14(19)21/h4-12H2,1-3H3,(H,16,17). The number of likely N-dealkylation sites (tertiary alicyclic amines) is 1. The highest BCUT2D eigenvalue weighted by Gasteiger charge is 2.25. The Balaban J connectivity index is 2.53. The maximum atomic E-state index is 11.7. The van der Waals surface area contributed by atoms with Crippen molar-refractivity contribution in [2.45, 2.75) is 46.0 Å². The summed E-state index contributed by atoms with van der Waals surface area (Å²) in [5, 5.41) is 3.24. The third kappa shape index (κ3) is 5.73. The number of amides is 2. The Bertz CT molecular complexity index is 366. The van der Waals surface area contributed by atoms with Gasteiger partial charge in [-0.15, -0.1) is 0 Å². The zero-order valence-electron chi connectivity index (χ0n) is 13.5. The molecule has 1 rings (SSSR count). The van der Waals surface area contributed by atoms with Gasteiger partial charge in [-0.25, -0.2) is 0 Å². The molecule has 0 atom stereocenters. The zero-order valence-corrected chi connectivity index (χ0v) is 13.5. The molecule has 0 aromatic rings. The van der Waals surface area contributed by atoms with Crippen molar-refractivity contribution in [3.8, 4) is 0 Å². The molecule has 1 fully saturated rings. The van der Waals surface area contributed by atoms with Gasteiger partial charge >= 0.3 is 0 Å². The van der Waals surface area contributed by atoms with Crippen molar-refractivity contribution in [1.82, 2.24) is 15.1 Å². The molecule has 0 unspecified atom stereocenters. The number of nitrogens with zero attached hydrogens (tertiary/aromatic N) is 3. The molecule has 0 bridgehead atoms. The minimum absolute atomic E-state index is 0.0641. The van der Waals surface area contributed by atoms with Gasteiger partial charge in [-0.05, 0) is 19.8 Å². The molecule has 0 saturated carbocycles. The molecular formula is C15H28N4O2. The Morgan fingerprint density at radius 2 is 1.95 bits per heavy atom. The first-order chi connectivity index (χ1) is 10.1. The lowest BCUT2D eigenvalue weighted by Gasteiger charge is -2.25. The van der Waals surface area contributed by atoms with E-state index in [1.165, 1.54) is 4.90 Å². The number of rotatable bonds is 7. The summed E-state index contributed by atoms with van der Waals surface area (Å²) in [4.78, 5) is 31.4. The van der Waals surface area contributed by atoms with E-state index < -0.39 is 0 Å². The van der Waals surface area contributed by atoms with Crippen molar-refractivity contribution in [2.75, 3.05) is 33.2 Å². The third-order valence-corrected chi connectivity index (χ3v) is 3.51. The van der Waals surface area contributed by atoms with Crippen molar-refractivity contribution >= 4 is 17.8 Å². The van der Waals surface area contributed by atoms with Crippen LogP contribution in [0.15, 0.2) is 4.99 Å². The second-order valence-corrected chi connectivity index (χ2v) is 5.30. The fourth-order valence-electron chi connectivity index (χ4n) is 2.28. The molecule has 0 aliphatic carbocycles. The number of imide groups is 1. The van der Waals surface area contributed by atoms with Crippen LogP contribution in [0.3, 0.4) is 0 Å². The minimum atomic E-state index is -0.0641. The third-order valence-electron chi connectivity index (χ3n) is 3.51. The predicted molar refractivity (Wildman–Crippen MR) is 84.1 cm³/mol. The van der Waals surface area contributed by atoms with E-state index in [-0.39, 0.29) is 11.8 Å². The summed E-state index contributed by atoms with van der Waals surface area (Å²) in [6, 6.07) is 0. The molecular weight excluding hydrogens is 268 g/mol. The highest BCUT2D eigenvalue weighted by Crippen LogP contribution is 2.11. The Morgan fingerprint density at radius 1 is 1.29 bits per heavy atom. The summed E-state index contributed by atoms with van der Waals surface area (Å²) in [5.41, 5.74) is 0. The molecule has 0 aromatic carbocycles. The lowest BCUT2D eigenvalue weighted by molar-refractivity contribution is -0.147. The number of aliphatic imine (C=N–C) groups is 1. The van der Waals surface area contributed by atoms with Gasteiger partial charge in [0.1, 0.15) is 0 Å². The van der Waals surface area contributed by atoms with Gasteiger partial charge in [-0.3, -0.25) is 19.5 Å². The van der Waals surface area contributed by atoms with Crippen LogP contribution in [0, 0.1) is 0 Å². The van der Waals surface area contributed by atoms with Crippen LogP contribution in [0.2, 0.25) is 0 Å². The number of hydrogen-bond acceptors (Lipinski definition) is 3. The van der Waals surface area contributed by atoms with Crippen LogP contribution in [0.5, 0.6) is 0 Å². The number of carbonyl (C=O) groups excluding carboxylic acids is 2. The lowest BCUT2D eigenvalue weighted by Crippen LogP contribution is -2.43. The van der Waals surface area contributed by atoms with Crippen LogP contribution in [0.1, 0.15) is 46.0 Å².